The molecule has 1 fully saturated rings. The molecule has 194 valence electrons. The van der Waals surface area contributed by atoms with Crippen LogP contribution in [0.25, 0.3) is 0 Å². The van der Waals surface area contributed by atoms with E-state index in [0.717, 1.165) is 36.0 Å². The van der Waals surface area contributed by atoms with Crippen LogP contribution in [0.1, 0.15) is 45.7 Å². The van der Waals surface area contributed by atoms with E-state index in [4.69, 9.17) is 15.2 Å². The quantitative estimate of drug-likeness (QED) is 0.340. The third-order valence-electron chi connectivity index (χ3n) is 5.78. The Morgan fingerprint density at radius 2 is 1.78 bits per heavy atom. The van der Waals surface area contributed by atoms with Crippen LogP contribution in [0.4, 0.5) is 23.2 Å². The molecule has 8 nitrogen and oxygen atoms in total. The average Bonchev–Trinajstić information content (AvgIpc) is 3.56. The Morgan fingerprint density at radius 1 is 1.05 bits per heavy atom. The molecule has 1 saturated carbocycles. The number of nitrogens with zero attached hydrogens (tertiary/aromatic N) is 1. The van der Waals surface area contributed by atoms with E-state index >= 15 is 0 Å². The lowest BCUT2D eigenvalue weighted by Crippen LogP contribution is -2.82. The highest BCUT2D eigenvalue weighted by Crippen LogP contribution is 2.47. The Kier molecular flexibility index (Phi) is 7.03. The Labute approximate surface area is 208 Å². The highest BCUT2D eigenvalue weighted by Gasteiger charge is 2.36. The van der Waals surface area contributed by atoms with Crippen molar-refractivity contribution in [3.63, 3.8) is 0 Å². The van der Waals surface area contributed by atoms with Crippen LogP contribution in [0.15, 0.2) is 48.7 Å². The smallest absolute Gasteiger partial charge is 0.493 e. The number of ether oxygens (including phenoxy) is 3. The number of rotatable bonds is 8. The molecule has 37 heavy (non-hydrogen) atoms. The van der Waals surface area contributed by atoms with Gasteiger partial charge in [0.1, 0.15) is 28.6 Å². The molecule has 0 radical (unpaired) electrons. The van der Waals surface area contributed by atoms with Gasteiger partial charge in [-0.15, -0.1) is 13.2 Å². The van der Waals surface area contributed by atoms with Gasteiger partial charge in [-0.3, -0.25) is 9.78 Å². The normalized spacial score (nSPS) is 16.7. The highest BCUT2D eigenvalue weighted by atomic mass is 19.4. The number of aromatic nitrogens is 1. The predicted octanol–water partition coefficient (Wildman–Crippen LogP) is 4.18. The number of alkyl halides is 3. The number of quaternary nitrogens is 1. The third kappa shape index (κ3) is 6.15. The standard InChI is InChI=1S/C25H21F4N3O5/c1-12-7-15(12)19-10-21(36-20-6-4-14(9-22(20)35-2)37-25(27,28)29)17(11-31-19)24(34)32-13-3-5-18(26)16(8-13)23(30)33/h3-6,8-12,15H,7H2,1-2H3,(H2,30,33)(H,32,34)/p+1/t12-,15-/m0/s1. The van der Waals surface area contributed by atoms with Gasteiger partial charge in [-0.25, -0.2) is 14.5 Å². The number of nitrogens with two attached hydrogens (primary N) is 2. The summed E-state index contributed by atoms with van der Waals surface area (Å²) >= 11 is 0. The van der Waals surface area contributed by atoms with E-state index in [1.165, 1.54) is 25.4 Å². The number of methoxy groups -OCH3 is 1. The van der Waals surface area contributed by atoms with Crippen LogP contribution in [-0.2, 0) is 0 Å². The second-order valence-corrected chi connectivity index (χ2v) is 8.50. The number of primary amides is 2. The summed E-state index contributed by atoms with van der Waals surface area (Å²) in [5.74, 6) is -2.26. The minimum absolute atomic E-state index is 0.0275. The van der Waals surface area contributed by atoms with Gasteiger partial charge in [-0.05, 0) is 30.5 Å². The number of benzene rings is 2. The molecular formula is C25H22F4N3O5+. The molecule has 3 aromatic rings. The van der Waals surface area contributed by atoms with Crippen LogP contribution in [0.5, 0.6) is 23.0 Å². The van der Waals surface area contributed by atoms with Crippen molar-refractivity contribution in [1.29, 1.82) is 0 Å². The second kappa shape index (κ2) is 10.1. The molecule has 4 rings (SSSR count). The first-order valence-electron chi connectivity index (χ1n) is 11.0. The van der Waals surface area contributed by atoms with Crippen LogP contribution in [0.2, 0.25) is 0 Å². The highest BCUT2D eigenvalue weighted by molar-refractivity contribution is 5.94. The van der Waals surface area contributed by atoms with E-state index in [-0.39, 0.29) is 40.0 Å². The van der Waals surface area contributed by atoms with Crippen molar-refractivity contribution in [2.24, 2.45) is 11.7 Å². The zero-order valence-corrected chi connectivity index (χ0v) is 19.6. The summed E-state index contributed by atoms with van der Waals surface area (Å²) in [5, 5.41) is 1.16. The molecule has 2 atom stereocenters. The summed E-state index contributed by atoms with van der Waals surface area (Å²) in [6.45, 7) is 2.05. The third-order valence-corrected chi connectivity index (χ3v) is 5.78. The number of amides is 2. The molecule has 1 heterocycles. The summed E-state index contributed by atoms with van der Waals surface area (Å²) in [4.78, 5) is 29.0. The Balaban J connectivity index is 1.66. The topological polar surface area (TPSA) is 117 Å². The van der Waals surface area contributed by atoms with Gasteiger partial charge in [0.25, 0.3) is 5.91 Å². The summed E-state index contributed by atoms with van der Waals surface area (Å²) in [6, 6.07) is 8.33. The van der Waals surface area contributed by atoms with E-state index in [9.17, 15) is 27.2 Å². The first-order chi connectivity index (χ1) is 17.4. The molecule has 0 unspecified atom stereocenters. The Hall–Kier alpha value is -4.19. The monoisotopic (exact) mass is 520 g/mol. The summed E-state index contributed by atoms with van der Waals surface area (Å²) < 4.78 is 66.7. The fourth-order valence-electron chi connectivity index (χ4n) is 3.76. The Morgan fingerprint density at radius 3 is 2.41 bits per heavy atom. The van der Waals surface area contributed by atoms with Gasteiger partial charge in [0.15, 0.2) is 11.5 Å². The largest absolute Gasteiger partial charge is 0.573 e. The number of halogens is 4. The zero-order valence-electron chi connectivity index (χ0n) is 19.6. The minimum atomic E-state index is -4.89. The van der Waals surface area contributed by atoms with Gasteiger partial charge in [0.05, 0.1) is 12.7 Å². The van der Waals surface area contributed by atoms with Crippen molar-refractivity contribution >= 4 is 17.5 Å². The molecular weight excluding hydrogens is 498 g/mol. The zero-order chi connectivity index (χ0) is 26.9. The number of carbonyl (C=O) groups is 2. The van der Waals surface area contributed by atoms with E-state index in [1.54, 1.807) is 6.07 Å². The lowest BCUT2D eigenvalue weighted by atomic mass is 10.1. The summed E-state index contributed by atoms with van der Waals surface area (Å²) in [7, 11) is 1.24. The Bertz CT molecular complexity index is 1360. The number of pyridine rings is 1. The molecule has 2 amide bonds. The molecule has 1 aliphatic carbocycles. The van der Waals surface area contributed by atoms with Crippen molar-refractivity contribution in [2.45, 2.75) is 25.6 Å². The molecule has 0 bridgehead atoms. The van der Waals surface area contributed by atoms with Gasteiger partial charge in [-0.1, -0.05) is 6.92 Å². The average molecular weight is 520 g/mol. The molecule has 0 aliphatic heterocycles. The van der Waals surface area contributed by atoms with Crippen LogP contribution < -0.4 is 25.3 Å². The minimum Gasteiger partial charge on any atom is -0.493 e. The first kappa shape index (κ1) is 25.9. The SMILES string of the molecule is COc1cc(OC(F)(F)F)ccc1Oc1cc([C@H]2C[C@@H]2C)ncc1C(=O)[NH2+]c1ccc(F)c(C(N)=O)c1. The molecule has 0 spiro atoms. The van der Waals surface area contributed by atoms with Gasteiger partial charge in [0, 0.05) is 42.1 Å². The van der Waals surface area contributed by atoms with Crippen LogP contribution in [0.3, 0.4) is 0 Å². The second-order valence-electron chi connectivity index (χ2n) is 8.50. The molecule has 1 aliphatic rings. The fraction of sp³-hybridized carbons (Fsp3) is 0.240. The maximum Gasteiger partial charge on any atom is 0.573 e. The molecule has 1 aromatic heterocycles. The lowest BCUT2D eigenvalue weighted by Gasteiger charge is -2.15. The van der Waals surface area contributed by atoms with Gasteiger partial charge in [-0.2, -0.15) is 0 Å². The van der Waals surface area contributed by atoms with Crippen LogP contribution >= 0.6 is 0 Å². The molecule has 12 heteroatoms. The van der Waals surface area contributed by atoms with E-state index in [1.807, 2.05) is 6.92 Å². The van der Waals surface area contributed by atoms with Crippen molar-refractivity contribution in [3.8, 4) is 23.0 Å². The van der Waals surface area contributed by atoms with E-state index in [2.05, 4.69) is 9.72 Å². The van der Waals surface area contributed by atoms with Crippen LogP contribution in [-0.4, -0.2) is 30.3 Å². The van der Waals surface area contributed by atoms with E-state index in [0.29, 0.717) is 11.6 Å². The number of carbonyl (C=O) groups excluding carboxylic acids is 2. The molecule has 4 N–H and O–H groups in total. The maximum atomic E-state index is 13.8. The number of hydrogen-bond acceptors (Lipinski definition) is 6. The van der Waals surface area contributed by atoms with Gasteiger partial charge >= 0.3 is 12.3 Å². The predicted molar refractivity (Wildman–Crippen MR) is 121 cm³/mol. The van der Waals surface area contributed by atoms with Crippen molar-refractivity contribution in [2.75, 3.05) is 7.11 Å². The van der Waals surface area contributed by atoms with Crippen molar-refractivity contribution < 1.29 is 46.7 Å². The van der Waals surface area contributed by atoms with E-state index < -0.39 is 29.7 Å². The maximum absolute atomic E-state index is 13.8. The summed E-state index contributed by atoms with van der Waals surface area (Å²) in [5.41, 5.74) is 5.74. The fourth-order valence-corrected chi connectivity index (χ4v) is 3.76. The lowest BCUT2D eigenvalue weighted by molar-refractivity contribution is -0.464. The number of hydrogen-bond donors (Lipinski definition) is 2. The molecule has 2 aromatic carbocycles. The molecule has 0 saturated heterocycles. The van der Waals surface area contributed by atoms with Crippen molar-refractivity contribution in [3.05, 3.63) is 71.3 Å². The van der Waals surface area contributed by atoms with Gasteiger partial charge in [0.2, 0.25) is 0 Å². The summed E-state index contributed by atoms with van der Waals surface area (Å²) in [6.07, 6.45) is -2.65. The van der Waals surface area contributed by atoms with Crippen LogP contribution in [0, 0.1) is 11.7 Å². The van der Waals surface area contributed by atoms with Crippen molar-refractivity contribution in [1.82, 2.24) is 4.98 Å². The first-order valence-corrected chi connectivity index (χ1v) is 11.0. The van der Waals surface area contributed by atoms with Gasteiger partial charge < -0.3 is 19.9 Å².